The van der Waals surface area contributed by atoms with Crippen molar-refractivity contribution in [2.24, 2.45) is 0 Å². The molecule has 2 aromatic carbocycles. The predicted octanol–water partition coefficient (Wildman–Crippen LogP) is 4.99. The van der Waals surface area contributed by atoms with Crippen molar-refractivity contribution in [1.82, 2.24) is 4.57 Å². The number of halogens is 3. The second kappa shape index (κ2) is 8.77. The molecule has 0 spiro atoms. The maximum absolute atomic E-state index is 16.2. The highest BCUT2D eigenvalue weighted by Crippen LogP contribution is 2.52. The van der Waals surface area contributed by atoms with Gasteiger partial charge in [0, 0.05) is 35.3 Å². The van der Waals surface area contributed by atoms with Crippen LogP contribution in [0.15, 0.2) is 36.3 Å². The maximum Gasteiger partial charge on any atom is 0.586 e. The molecule has 2 N–H and O–H groups in total. The van der Waals surface area contributed by atoms with E-state index in [4.69, 9.17) is 17.8 Å². The molecule has 9 heteroatoms. The molecule has 0 amide bonds. The molecule has 2 heterocycles. The van der Waals surface area contributed by atoms with E-state index in [0.717, 1.165) is 32.0 Å². The van der Waals surface area contributed by atoms with Gasteiger partial charge in [-0.2, -0.15) is 0 Å². The molecule has 5 rings (SSSR count). The lowest BCUT2D eigenvalue weighted by Gasteiger charge is -2.26. The number of aromatic nitrogens is 1. The van der Waals surface area contributed by atoms with E-state index in [1.807, 2.05) is 0 Å². The van der Waals surface area contributed by atoms with E-state index in [-0.39, 0.29) is 0 Å². The fourth-order valence-electron chi connectivity index (χ4n) is 4.11. The number of carbonyl (C=O) groups excluding carboxylic acids is 1. The SMILES string of the molecule is [2H]c1c(CC(=O)C2(c3ccc4c(c3)OC(F)(F)O4)C([2H])([2H])C2([2H])[2H])c(F)c([2H])c2c1c([2H])c(C(C)(C([2H])([2H])[2H])C([2H])([2H])C)n2C[C@]([2H])(O)CO. The summed E-state index contributed by atoms with van der Waals surface area (Å²) in [4.78, 5) is 14.0. The minimum Gasteiger partial charge on any atom is -0.395 e. The van der Waals surface area contributed by atoms with Gasteiger partial charge in [-0.05, 0) is 60.5 Å². The van der Waals surface area contributed by atoms with Crippen molar-refractivity contribution < 1.29 is 55.5 Å². The van der Waals surface area contributed by atoms with Crippen molar-refractivity contribution in [2.45, 2.75) is 76.0 Å². The number of carbonyl (C=O) groups is 1. The largest absolute Gasteiger partial charge is 0.586 e. The van der Waals surface area contributed by atoms with E-state index < -0.39 is 138 Å². The number of nitrogens with zero attached hydrogens (tertiary/aromatic N) is 1. The summed E-state index contributed by atoms with van der Waals surface area (Å²) >= 11 is 0. The van der Waals surface area contributed by atoms with Crippen molar-refractivity contribution >= 4 is 16.7 Å². The Kier molecular flexibility index (Phi) is 3.37. The van der Waals surface area contributed by atoms with Gasteiger partial charge in [0.05, 0.1) is 35.6 Å². The minimum atomic E-state index is -4.12. The van der Waals surface area contributed by atoms with Gasteiger partial charge < -0.3 is 24.3 Å². The average molecular weight is 531 g/mol. The third-order valence-corrected chi connectivity index (χ3v) is 6.25. The number of benzene rings is 2. The quantitative estimate of drug-likeness (QED) is 0.408. The molecule has 0 radical (unpaired) electrons. The molecular formula is C28H30F3NO5. The third-order valence-electron chi connectivity index (χ3n) is 6.25. The Morgan fingerprint density at radius 1 is 1.35 bits per heavy atom. The number of hydrogen-bond acceptors (Lipinski definition) is 5. The number of rotatable bonds is 9. The average Bonchev–Trinajstić information content (AvgIpc) is 3.20. The summed E-state index contributed by atoms with van der Waals surface area (Å²) in [5.74, 6) is -4.21. The van der Waals surface area contributed by atoms with Crippen LogP contribution in [0.25, 0.3) is 10.9 Å². The first-order chi connectivity index (χ1) is 22.5. The fraction of sp³-hybridized carbons (Fsp3) is 0.464. The summed E-state index contributed by atoms with van der Waals surface area (Å²) in [6.07, 6.45) is -17.1. The summed E-state index contributed by atoms with van der Waals surface area (Å²) in [6, 6.07) is -0.601. The van der Waals surface area contributed by atoms with Crippen LogP contribution < -0.4 is 9.47 Å². The van der Waals surface area contributed by atoms with Gasteiger partial charge >= 0.3 is 6.29 Å². The first-order valence-electron chi connectivity index (χ1n) is 17.5. The molecule has 6 nitrogen and oxygen atoms in total. The highest BCUT2D eigenvalue weighted by Gasteiger charge is 2.52. The summed E-state index contributed by atoms with van der Waals surface area (Å²) < 4.78 is 162. The molecule has 1 saturated carbocycles. The molecule has 0 bridgehead atoms. The van der Waals surface area contributed by atoms with Gasteiger partial charge in [-0.1, -0.05) is 26.8 Å². The van der Waals surface area contributed by atoms with E-state index in [2.05, 4.69) is 9.47 Å². The first-order valence-corrected chi connectivity index (χ1v) is 11.0. The Labute approximate surface area is 230 Å². The zero-order valence-corrected chi connectivity index (χ0v) is 19.6. The molecular weight excluding hydrogens is 487 g/mol. The van der Waals surface area contributed by atoms with Crippen LogP contribution in [0.1, 0.15) is 74.5 Å². The van der Waals surface area contributed by atoms with E-state index >= 15 is 4.39 Å². The standard InChI is InChI=1S/C28H30F3NO5/c1-4-26(2,3)24-10-17-9-16(20(29)13-21(17)32(24)14-19(34)15-33)11-25(35)27(7-8-27)18-5-6-22-23(12-18)37-28(30,31)36-22/h5-6,9-10,12-13,19,33-34H,4,7-8,11,14-15H2,1-3H3/t19-/m0/s1/i2D3,4D2,7D2,8D2,9D,10D,13D,19D/t19-,26?. The van der Waals surface area contributed by atoms with Crippen LogP contribution in [-0.2, 0) is 28.6 Å². The minimum absolute atomic E-state index is 0.497. The van der Waals surface area contributed by atoms with Gasteiger partial charge in [0.25, 0.3) is 0 Å². The number of ketones is 1. The highest BCUT2D eigenvalue weighted by atomic mass is 19.3. The highest BCUT2D eigenvalue weighted by molar-refractivity contribution is 5.95. The van der Waals surface area contributed by atoms with Gasteiger partial charge in [0.2, 0.25) is 0 Å². The monoisotopic (exact) mass is 530 g/mol. The molecule has 1 aromatic heterocycles. The van der Waals surface area contributed by atoms with E-state index in [9.17, 15) is 23.8 Å². The first kappa shape index (κ1) is 14.2. The third kappa shape index (κ3) is 4.48. The molecule has 1 aliphatic heterocycles. The van der Waals surface area contributed by atoms with Gasteiger partial charge in [-0.15, -0.1) is 8.78 Å². The molecule has 3 aromatic rings. The smallest absolute Gasteiger partial charge is 0.395 e. The van der Waals surface area contributed by atoms with E-state index in [1.54, 1.807) is 0 Å². The van der Waals surface area contributed by atoms with Crippen molar-refractivity contribution in [2.75, 3.05) is 6.61 Å². The summed E-state index contributed by atoms with van der Waals surface area (Å²) in [5.41, 5.74) is -8.52. The van der Waals surface area contributed by atoms with Crippen LogP contribution in [0.4, 0.5) is 13.2 Å². The lowest BCUT2D eigenvalue weighted by Crippen LogP contribution is -2.26. The Morgan fingerprint density at radius 2 is 2.08 bits per heavy atom. The normalized spacial score (nSPS) is 29.0. The maximum atomic E-state index is 16.2. The molecule has 2 atom stereocenters. The number of aliphatic hydroxyl groups is 2. The molecule has 2 aliphatic rings. The van der Waals surface area contributed by atoms with Crippen molar-refractivity contribution in [3.05, 3.63) is 59.0 Å². The lowest BCUT2D eigenvalue weighted by atomic mass is 9.86. The number of alkyl halides is 2. The molecule has 1 aliphatic carbocycles. The number of aliphatic hydroxyl groups excluding tert-OH is 1. The molecule has 37 heavy (non-hydrogen) atoms. The second-order valence-corrected chi connectivity index (χ2v) is 8.85. The topological polar surface area (TPSA) is 80.9 Å². The van der Waals surface area contributed by atoms with Gasteiger partial charge in [-0.3, -0.25) is 4.79 Å². The summed E-state index contributed by atoms with van der Waals surface area (Å²) in [7, 11) is 0. The van der Waals surface area contributed by atoms with E-state index in [0.29, 0.717) is 4.57 Å². The van der Waals surface area contributed by atoms with E-state index in [1.165, 1.54) is 0 Å². The van der Waals surface area contributed by atoms with Crippen LogP contribution in [0.3, 0.4) is 0 Å². The number of Topliss-reactive ketones (excluding diaryl/α,β-unsaturated/α-hetero) is 1. The Balaban J connectivity index is 1.76. The van der Waals surface area contributed by atoms with Gasteiger partial charge in [0.1, 0.15) is 11.6 Å². The summed E-state index contributed by atoms with van der Waals surface area (Å²) in [5, 5.41) is 19.4. The number of fused-ring (bicyclic) bond motifs is 2. The van der Waals surface area contributed by atoms with Crippen LogP contribution in [-0.4, -0.2) is 39.5 Å². The van der Waals surface area contributed by atoms with Crippen LogP contribution in [0.5, 0.6) is 11.5 Å². The van der Waals surface area contributed by atoms with Crippen molar-refractivity contribution in [3.8, 4) is 11.5 Å². The zero-order valence-electron chi connectivity index (χ0n) is 32.6. The second-order valence-electron chi connectivity index (χ2n) is 8.85. The molecule has 0 saturated heterocycles. The molecule has 1 unspecified atom stereocenters. The predicted molar refractivity (Wildman–Crippen MR) is 131 cm³/mol. The summed E-state index contributed by atoms with van der Waals surface area (Å²) in [6.45, 7) is -3.96. The molecule has 198 valence electrons. The zero-order chi connectivity index (χ0) is 38.2. The Hall–Kier alpha value is -3.04. The Bertz CT molecular complexity index is 1910. The van der Waals surface area contributed by atoms with Crippen molar-refractivity contribution in [3.63, 3.8) is 0 Å². The van der Waals surface area contributed by atoms with Crippen LogP contribution in [0.2, 0.25) is 0 Å². The number of ether oxygens (including phenoxy) is 2. The van der Waals surface area contributed by atoms with Gasteiger partial charge in [-0.25, -0.2) is 4.39 Å². The van der Waals surface area contributed by atoms with Crippen LogP contribution in [0, 0.1) is 5.82 Å². The fourth-order valence-corrected chi connectivity index (χ4v) is 4.11. The van der Waals surface area contributed by atoms with Crippen molar-refractivity contribution in [1.29, 1.82) is 0 Å². The lowest BCUT2D eigenvalue weighted by molar-refractivity contribution is -0.286. The van der Waals surface area contributed by atoms with Gasteiger partial charge in [0.15, 0.2) is 11.5 Å². The van der Waals surface area contributed by atoms with Crippen LogP contribution >= 0.6 is 0 Å². The molecule has 1 fully saturated rings. The number of hydrogen-bond donors (Lipinski definition) is 2. The Morgan fingerprint density at radius 3 is 2.73 bits per heavy atom.